The molecule has 6 nitrogen and oxygen atoms in total. The molecule has 0 unspecified atom stereocenters. The van der Waals surface area contributed by atoms with Gasteiger partial charge in [0, 0.05) is 24.9 Å². The Morgan fingerprint density at radius 2 is 2.00 bits per heavy atom. The molecule has 0 fully saturated rings. The lowest BCUT2D eigenvalue weighted by Crippen LogP contribution is -2.38. The molecule has 0 heterocycles. The molecule has 1 aromatic carbocycles. The fraction of sp³-hybridized carbons (Fsp3) is 0.467. The zero-order chi connectivity index (χ0) is 15.8. The summed E-state index contributed by atoms with van der Waals surface area (Å²) < 4.78 is 9.86. The van der Waals surface area contributed by atoms with Crippen molar-refractivity contribution < 1.29 is 19.1 Å². The van der Waals surface area contributed by atoms with Gasteiger partial charge in [-0.3, -0.25) is 9.59 Å². The molecule has 0 radical (unpaired) electrons. The van der Waals surface area contributed by atoms with E-state index < -0.39 is 5.97 Å². The van der Waals surface area contributed by atoms with Crippen LogP contribution in [0.3, 0.4) is 0 Å². The summed E-state index contributed by atoms with van der Waals surface area (Å²) >= 11 is 0. The zero-order valence-corrected chi connectivity index (χ0v) is 12.7. The monoisotopic (exact) mass is 294 g/mol. The van der Waals surface area contributed by atoms with Crippen LogP contribution >= 0.6 is 0 Å². The van der Waals surface area contributed by atoms with Crippen molar-refractivity contribution in [1.29, 1.82) is 0 Å². The first-order valence-electron chi connectivity index (χ1n) is 6.79. The van der Waals surface area contributed by atoms with Crippen LogP contribution < -0.4 is 5.73 Å². The number of nitrogens with two attached hydrogens (primary N) is 1. The summed E-state index contributed by atoms with van der Waals surface area (Å²) in [6.45, 7) is 4.40. The second-order valence-electron chi connectivity index (χ2n) is 4.66. The van der Waals surface area contributed by atoms with Gasteiger partial charge in [-0.25, -0.2) is 0 Å². The Bertz CT molecular complexity index is 482. The van der Waals surface area contributed by atoms with E-state index in [2.05, 4.69) is 0 Å². The summed E-state index contributed by atoms with van der Waals surface area (Å²) in [7, 11) is 1.54. The molecule has 0 bridgehead atoms. The van der Waals surface area contributed by atoms with Crippen LogP contribution in [0.5, 0.6) is 0 Å². The Kier molecular flexibility index (Phi) is 6.68. The van der Waals surface area contributed by atoms with E-state index in [1.165, 1.54) is 12.0 Å². The molecule has 2 N–H and O–H groups in total. The normalized spacial score (nSPS) is 10.2. The Hall–Kier alpha value is -2.08. The maximum absolute atomic E-state index is 12.5. The van der Waals surface area contributed by atoms with Gasteiger partial charge in [-0.2, -0.15) is 0 Å². The van der Waals surface area contributed by atoms with Crippen molar-refractivity contribution in [1.82, 2.24) is 4.90 Å². The molecule has 0 atom stereocenters. The van der Waals surface area contributed by atoms with Crippen molar-refractivity contribution in [3.63, 3.8) is 0 Å². The van der Waals surface area contributed by atoms with Gasteiger partial charge in [-0.15, -0.1) is 0 Å². The van der Waals surface area contributed by atoms with E-state index in [9.17, 15) is 9.59 Å². The van der Waals surface area contributed by atoms with Crippen LogP contribution in [0.2, 0.25) is 0 Å². The number of benzene rings is 1. The Balaban J connectivity index is 2.90. The highest BCUT2D eigenvalue weighted by molar-refractivity contribution is 5.97. The third kappa shape index (κ3) is 5.43. The van der Waals surface area contributed by atoms with E-state index >= 15 is 0 Å². The molecule has 6 heteroatoms. The van der Waals surface area contributed by atoms with Crippen LogP contribution in [-0.4, -0.2) is 50.2 Å². The predicted molar refractivity (Wildman–Crippen MR) is 80.0 cm³/mol. The third-order valence-electron chi connectivity index (χ3n) is 2.82. The van der Waals surface area contributed by atoms with Crippen molar-refractivity contribution in [2.75, 3.05) is 39.1 Å². The number of ether oxygens (including phenoxy) is 2. The number of methoxy groups -OCH3 is 1. The molecule has 0 aromatic heterocycles. The highest BCUT2D eigenvalue weighted by atomic mass is 16.5. The first-order chi connectivity index (χ1) is 9.97. The summed E-state index contributed by atoms with van der Waals surface area (Å²) in [5.74, 6) is -0.710. The highest BCUT2D eigenvalue weighted by Crippen LogP contribution is 2.13. The van der Waals surface area contributed by atoms with Crippen LogP contribution in [0.1, 0.15) is 22.8 Å². The number of nitrogen functional groups attached to an aromatic ring is 1. The molecular weight excluding hydrogens is 272 g/mol. The fourth-order valence-corrected chi connectivity index (χ4v) is 1.94. The lowest BCUT2D eigenvalue weighted by molar-refractivity contribution is -0.143. The summed E-state index contributed by atoms with van der Waals surface area (Å²) in [4.78, 5) is 25.5. The fourth-order valence-electron chi connectivity index (χ4n) is 1.94. The number of nitrogens with zero attached hydrogens (tertiary/aromatic N) is 1. The molecule has 116 valence electrons. The Labute approximate surface area is 124 Å². The molecule has 0 aliphatic rings. The first-order valence-corrected chi connectivity index (χ1v) is 6.79. The van der Waals surface area contributed by atoms with Crippen molar-refractivity contribution in [2.24, 2.45) is 0 Å². The average molecular weight is 294 g/mol. The van der Waals surface area contributed by atoms with E-state index in [4.69, 9.17) is 15.2 Å². The summed E-state index contributed by atoms with van der Waals surface area (Å²) in [6.07, 6.45) is 0. The van der Waals surface area contributed by atoms with Gasteiger partial charge in [0.05, 0.1) is 13.2 Å². The summed E-state index contributed by atoms with van der Waals surface area (Å²) in [5.41, 5.74) is 7.62. The molecule has 0 saturated carbocycles. The highest BCUT2D eigenvalue weighted by Gasteiger charge is 2.19. The van der Waals surface area contributed by atoms with E-state index in [-0.39, 0.29) is 19.1 Å². The smallest absolute Gasteiger partial charge is 0.325 e. The number of amides is 1. The van der Waals surface area contributed by atoms with E-state index in [1.54, 1.807) is 25.1 Å². The molecule has 1 rings (SSSR count). The topological polar surface area (TPSA) is 81.9 Å². The lowest BCUT2D eigenvalue weighted by Gasteiger charge is -2.21. The molecule has 0 aliphatic heterocycles. The number of rotatable bonds is 7. The van der Waals surface area contributed by atoms with Crippen molar-refractivity contribution in [2.45, 2.75) is 13.8 Å². The molecule has 0 aliphatic carbocycles. The van der Waals surface area contributed by atoms with Gasteiger partial charge < -0.3 is 20.1 Å². The number of anilines is 1. The molecule has 0 spiro atoms. The van der Waals surface area contributed by atoms with E-state index in [0.29, 0.717) is 24.4 Å². The SMILES string of the molecule is CCOC(=O)CN(CCOC)C(=O)c1cc(C)cc(N)c1. The maximum atomic E-state index is 12.5. The van der Waals surface area contributed by atoms with Gasteiger partial charge in [-0.05, 0) is 37.6 Å². The Morgan fingerprint density at radius 3 is 2.57 bits per heavy atom. The second-order valence-corrected chi connectivity index (χ2v) is 4.66. The summed E-state index contributed by atoms with van der Waals surface area (Å²) in [5, 5.41) is 0. The van der Waals surface area contributed by atoms with Crippen molar-refractivity contribution >= 4 is 17.6 Å². The number of hydrogen-bond acceptors (Lipinski definition) is 5. The zero-order valence-electron chi connectivity index (χ0n) is 12.7. The van der Waals surface area contributed by atoms with Gasteiger partial charge in [-0.1, -0.05) is 0 Å². The van der Waals surface area contributed by atoms with Gasteiger partial charge in [0.2, 0.25) is 0 Å². The van der Waals surface area contributed by atoms with Gasteiger partial charge in [0.15, 0.2) is 0 Å². The maximum Gasteiger partial charge on any atom is 0.325 e. The van der Waals surface area contributed by atoms with Gasteiger partial charge in [0.25, 0.3) is 5.91 Å². The van der Waals surface area contributed by atoms with Crippen LogP contribution in [0.15, 0.2) is 18.2 Å². The van der Waals surface area contributed by atoms with Crippen LogP contribution in [0, 0.1) is 6.92 Å². The number of esters is 1. The minimum atomic E-state index is -0.442. The molecule has 21 heavy (non-hydrogen) atoms. The second kappa shape index (κ2) is 8.26. The Morgan fingerprint density at radius 1 is 1.29 bits per heavy atom. The predicted octanol–water partition coefficient (Wildman–Crippen LogP) is 1.23. The van der Waals surface area contributed by atoms with Gasteiger partial charge >= 0.3 is 5.97 Å². The standard InChI is InChI=1S/C15H22N2O4/c1-4-21-14(18)10-17(5-6-20-3)15(19)12-7-11(2)8-13(16)9-12/h7-9H,4-6,10,16H2,1-3H3. The lowest BCUT2D eigenvalue weighted by atomic mass is 10.1. The minimum Gasteiger partial charge on any atom is -0.465 e. The van der Waals surface area contributed by atoms with Crippen molar-refractivity contribution in [3.05, 3.63) is 29.3 Å². The minimum absolute atomic E-state index is 0.107. The first kappa shape index (κ1) is 17.0. The van der Waals surface area contributed by atoms with Gasteiger partial charge in [0.1, 0.15) is 6.54 Å². The number of carbonyl (C=O) groups excluding carboxylic acids is 2. The van der Waals surface area contributed by atoms with E-state index in [1.807, 2.05) is 6.92 Å². The summed E-state index contributed by atoms with van der Waals surface area (Å²) in [6, 6.07) is 5.12. The van der Waals surface area contributed by atoms with Crippen LogP contribution in [0.25, 0.3) is 0 Å². The number of aryl methyl sites for hydroxylation is 1. The number of hydrogen-bond donors (Lipinski definition) is 1. The number of carbonyl (C=O) groups is 2. The van der Waals surface area contributed by atoms with Crippen LogP contribution in [0.4, 0.5) is 5.69 Å². The molecular formula is C15H22N2O4. The molecule has 1 aromatic rings. The quantitative estimate of drug-likeness (QED) is 0.604. The average Bonchev–Trinajstić information content (AvgIpc) is 2.41. The van der Waals surface area contributed by atoms with E-state index in [0.717, 1.165) is 5.56 Å². The molecule has 1 amide bonds. The molecule has 0 saturated heterocycles. The van der Waals surface area contributed by atoms with Crippen LogP contribution in [-0.2, 0) is 14.3 Å². The third-order valence-corrected chi connectivity index (χ3v) is 2.82. The van der Waals surface area contributed by atoms with Crippen molar-refractivity contribution in [3.8, 4) is 0 Å². The largest absolute Gasteiger partial charge is 0.465 e.